The van der Waals surface area contributed by atoms with E-state index in [1.807, 2.05) is 48.2 Å². The van der Waals surface area contributed by atoms with Crippen molar-refractivity contribution < 1.29 is 4.79 Å². The van der Waals surface area contributed by atoms with Crippen molar-refractivity contribution in [3.8, 4) is 0 Å². The molecule has 0 fully saturated rings. The zero-order valence-corrected chi connectivity index (χ0v) is 15.6. The number of carbonyl (C=O) groups excluding carboxylic acids is 1. The van der Waals surface area contributed by atoms with Crippen LogP contribution in [-0.4, -0.2) is 22.7 Å². The Kier molecular flexibility index (Phi) is 6.23. The number of hydrogen-bond donors (Lipinski definition) is 0. The zero-order valence-electron chi connectivity index (χ0n) is 11.9. The SMILES string of the molecule is Cc1cccc(C(=O)N(CCBr)Cc2ccccc2)c1I. The van der Waals surface area contributed by atoms with Crippen LogP contribution in [0.3, 0.4) is 0 Å². The molecule has 110 valence electrons. The highest BCUT2D eigenvalue weighted by molar-refractivity contribution is 14.1. The van der Waals surface area contributed by atoms with E-state index in [1.54, 1.807) is 0 Å². The predicted molar refractivity (Wildman–Crippen MR) is 98.9 cm³/mol. The molecule has 0 saturated carbocycles. The Bertz CT molecular complexity index is 615. The van der Waals surface area contributed by atoms with Crippen LogP contribution < -0.4 is 0 Å². The van der Waals surface area contributed by atoms with Gasteiger partial charge in [0.1, 0.15) is 0 Å². The third kappa shape index (κ3) is 4.30. The molecule has 0 aromatic heterocycles. The predicted octanol–water partition coefficient (Wildman–Crippen LogP) is 4.64. The number of alkyl halides is 1. The number of carbonyl (C=O) groups is 1. The normalized spacial score (nSPS) is 10.4. The number of amides is 1. The molecule has 2 aromatic carbocycles. The highest BCUT2D eigenvalue weighted by Crippen LogP contribution is 2.19. The van der Waals surface area contributed by atoms with Crippen LogP contribution in [0.25, 0.3) is 0 Å². The van der Waals surface area contributed by atoms with E-state index in [4.69, 9.17) is 0 Å². The molecule has 2 nitrogen and oxygen atoms in total. The maximum absolute atomic E-state index is 12.8. The van der Waals surface area contributed by atoms with Gasteiger partial charge in [-0.3, -0.25) is 4.79 Å². The molecule has 0 atom stereocenters. The van der Waals surface area contributed by atoms with Gasteiger partial charge in [-0.1, -0.05) is 58.4 Å². The Balaban J connectivity index is 2.25. The van der Waals surface area contributed by atoms with Crippen molar-refractivity contribution >= 4 is 44.4 Å². The summed E-state index contributed by atoms with van der Waals surface area (Å²) in [5, 5.41) is 0.772. The van der Waals surface area contributed by atoms with Gasteiger partial charge in [-0.2, -0.15) is 0 Å². The summed E-state index contributed by atoms with van der Waals surface area (Å²) in [7, 11) is 0. The first-order valence-electron chi connectivity index (χ1n) is 6.77. The van der Waals surface area contributed by atoms with Crippen LogP contribution in [0, 0.1) is 10.5 Å². The summed E-state index contributed by atoms with van der Waals surface area (Å²) in [4.78, 5) is 14.7. The molecule has 0 unspecified atom stereocenters. The molecule has 0 aliphatic heterocycles. The second-order valence-electron chi connectivity index (χ2n) is 4.84. The fourth-order valence-electron chi connectivity index (χ4n) is 2.14. The molecule has 0 N–H and O–H groups in total. The molecule has 0 heterocycles. The van der Waals surface area contributed by atoms with Crippen molar-refractivity contribution in [3.05, 3.63) is 68.8 Å². The second-order valence-corrected chi connectivity index (χ2v) is 6.71. The maximum atomic E-state index is 12.8. The van der Waals surface area contributed by atoms with E-state index >= 15 is 0 Å². The highest BCUT2D eigenvalue weighted by Gasteiger charge is 2.18. The van der Waals surface area contributed by atoms with E-state index in [2.05, 4.69) is 50.7 Å². The minimum absolute atomic E-state index is 0.0893. The lowest BCUT2D eigenvalue weighted by molar-refractivity contribution is 0.0753. The van der Waals surface area contributed by atoms with Crippen molar-refractivity contribution in [2.45, 2.75) is 13.5 Å². The molecular weight excluding hydrogens is 441 g/mol. The third-order valence-electron chi connectivity index (χ3n) is 3.28. The number of aryl methyl sites for hydroxylation is 1. The van der Waals surface area contributed by atoms with Crippen LogP contribution in [0.15, 0.2) is 48.5 Å². The number of benzene rings is 2. The largest absolute Gasteiger partial charge is 0.333 e. The van der Waals surface area contributed by atoms with Crippen molar-refractivity contribution in [3.63, 3.8) is 0 Å². The van der Waals surface area contributed by atoms with Crippen molar-refractivity contribution in [1.82, 2.24) is 4.90 Å². The summed E-state index contributed by atoms with van der Waals surface area (Å²) in [5.74, 6) is 0.0893. The van der Waals surface area contributed by atoms with Crippen LogP contribution in [-0.2, 0) is 6.54 Å². The van der Waals surface area contributed by atoms with Gasteiger partial charge in [0, 0.05) is 22.0 Å². The quantitative estimate of drug-likeness (QED) is 0.473. The molecule has 0 bridgehead atoms. The minimum atomic E-state index is 0.0893. The van der Waals surface area contributed by atoms with E-state index in [0.29, 0.717) is 13.1 Å². The van der Waals surface area contributed by atoms with Crippen molar-refractivity contribution in [2.24, 2.45) is 0 Å². The molecule has 0 spiro atoms. The fraction of sp³-hybridized carbons (Fsp3) is 0.235. The molecule has 4 heteroatoms. The Hall–Kier alpha value is -0.880. The van der Waals surface area contributed by atoms with E-state index < -0.39 is 0 Å². The molecule has 2 rings (SSSR count). The first-order valence-corrected chi connectivity index (χ1v) is 8.97. The van der Waals surface area contributed by atoms with Gasteiger partial charge in [0.15, 0.2) is 0 Å². The van der Waals surface area contributed by atoms with Gasteiger partial charge in [-0.05, 0) is 46.7 Å². The van der Waals surface area contributed by atoms with Crippen molar-refractivity contribution in [2.75, 3.05) is 11.9 Å². The highest BCUT2D eigenvalue weighted by atomic mass is 127. The molecule has 21 heavy (non-hydrogen) atoms. The Morgan fingerprint density at radius 3 is 2.52 bits per heavy atom. The average Bonchev–Trinajstić information content (AvgIpc) is 2.50. The zero-order chi connectivity index (χ0) is 15.2. The molecular formula is C17H17BrINO. The van der Waals surface area contributed by atoms with Crippen LogP contribution in [0.1, 0.15) is 21.5 Å². The standard InChI is InChI=1S/C17H17BrINO/c1-13-6-5-9-15(16(13)19)17(21)20(11-10-18)12-14-7-3-2-4-8-14/h2-9H,10-12H2,1H3. The Labute approximate surface area is 147 Å². The first kappa shape index (κ1) is 16.5. The lowest BCUT2D eigenvalue weighted by Crippen LogP contribution is -2.32. The van der Waals surface area contributed by atoms with E-state index in [0.717, 1.165) is 25.6 Å². The third-order valence-corrected chi connectivity index (χ3v) is 5.07. The summed E-state index contributed by atoms with van der Waals surface area (Å²) in [6, 6.07) is 16.0. The maximum Gasteiger partial charge on any atom is 0.255 e. The van der Waals surface area contributed by atoms with Crippen LogP contribution in [0.2, 0.25) is 0 Å². The molecule has 2 aromatic rings. The lowest BCUT2D eigenvalue weighted by Gasteiger charge is -2.23. The molecule has 0 radical (unpaired) electrons. The van der Waals surface area contributed by atoms with E-state index in [1.165, 1.54) is 0 Å². The topological polar surface area (TPSA) is 20.3 Å². The minimum Gasteiger partial charge on any atom is -0.333 e. The molecule has 0 aliphatic carbocycles. The number of nitrogens with zero attached hydrogens (tertiary/aromatic N) is 1. The fourth-order valence-corrected chi connectivity index (χ4v) is 3.16. The van der Waals surface area contributed by atoms with Gasteiger partial charge in [-0.15, -0.1) is 0 Å². The summed E-state index contributed by atoms with van der Waals surface area (Å²) in [6.07, 6.45) is 0. The summed E-state index contributed by atoms with van der Waals surface area (Å²) < 4.78 is 1.03. The molecule has 0 aliphatic rings. The molecule has 0 saturated heterocycles. The van der Waals surface area contributed by atoms with Gasteiger partial charge in [0.2, 0.25) is 0 Å². The van der Waals surface area contributed by atoms with Gasteiger partial charge in [0.25, 0.3) is 5.91 Å². The summed E-state index contributed by atoms with van der Waals surface area (Å²) in [6.45, 7) is 3.36. The Morgan fingerprint density at radius 1 is 1.14 bits per heavy atom. The van der Waals surface area contributed by atoms with Gasteiger partial charge >= 0.3 is 0 Å². The smallest absolute Gasteiger partial charge is 0.255 e. The van der Waals surface area contributed by atoms with Gasteiger partial charge < -0.3 is 4.90 Å². The molecule has 1 amide bonds. The van der Waals surface area contributed by atoms with Crippen LogP contribution in [0.5, 0.6) is 0 Å². The van der Waals surface area contributed by atoms with Gasteiger partial charge in [0.05, 0.1) is 5.56 Å². The van der Waals surface area contributed by atoms with Crippen molar-refractivity contribution in [1.29, 1.82) is 0 Å². The Morgan fingerprint density at radius 2 is 1.86 bits per heavy atom. The summed E-state index contributed by atoms with van der Waals surface area (Å²) >= 11 is 5.70. The number of rotatable bonds is 5. The first-order chi connectivity index (χ1) is 10.1. The number of hydrogen-bond acceptors (Lipinski definition) is 1. The van der Waals surface area contributed by atoms with Crippen LogP contribution >= 0.6 is 38.5 Å². The second kappa shape index (κ2) is 7.94. The summed E-state index contributed by atoms with van der Waals surface area (Å²) in [5.41, 5.74) is 3.07. The monoisotopic (exact) mass is 457 g/mol. The number of halogens is 2. The lowest BCUT2D eigenvalue weighted by atomic mass is 10.1. The van der Waals surface area contributed by atoms with Crippen LogP contribution in [0.4, 0.5) is 0 Å². The van der Waals surface area contributed by atoms with E-state index in [-0.39, 0.29) is 5.91 Å². The van der Waals surface area contributed by atoms with Gasteiger partial charge in [-0.25, -0.2) is 0 Å². The average molecular weight is 458 g/mol. The van der Waals surface area contributed by atoms with E-state index in [9.17, 15) is 4.79 Å².